The van der Waals surface area contributed by atoms with E-state index in [0.29, 0.717) is 30.3 Å². The molecular weight excluding hydrogens is 398 g/mol. The third-order valence-corrected chi connectivity index (χ3v) is 7.66. The van der Waals surface area contributed by atoms with Crippen molar-refractivity contribution < 1.29 is 4.79 Å². The van der Waals surface area contributed by atoms with E-state index < -0.39 is 0 Å². The molecule has 4 rings (SSSR count). The molecule has 0 bridgehead atoms. The fourth-order valence-corrected chi connectivity index (χ4v) is 6.03. The number of amides is 1. The molecule has 27 heavy (non-hydrogen) atoms. The molecule has 0 spiro atoms. The lowest BCUT2D eigenvalue weighted by Gasteiger charge is -2.09. The van der Waals surface area contributed by atoms with E-state index in [4.69, 9.17) is 0 Å². The zero-order chi connectivity index (χ0) is 18.6. The van der Waals surface area contributed by atoms with Crippen LogP contribution >= 0.6 is 34.4 Å². The molecule has 0 aliphatic heterocycles. The van der Waals surface area contributed by atoms with Crippen LogP contribution in [0.3, 0.4) is 0 Å². The summed E-state index contributed by atoms with van der Waals surface area (Å²) in [6.45, 7) is 0.593. The van der Waals surface area contributed by atoms with E-state index in [-0.39, 0.29) is 11.5 Å². The molecule has 0 saturated heterocycles. The zero-order valence-corrected chi connectivity index (χ0v) is 17.3. The van der Waals surface area contributed by atoms with Crippen molar-refractivity contribution in [2.24, 2.45) is 0 Å². The van der Waals surface area contributed by atoms with Crippen molar-refractivity contribution in [2.75, 3.05) is 5.75 Å². The Kier molecular flexibility index (Phi) is 5.95. The van der Waals surface area contributed by atoms with Gasteiger partial charge < -0.3 is 10.3 Å². The summed E-state index contributed by atoms with van der Waals surface area (Å²) >= 11 is 4.94. The number of hydrogen-bond acceptors (Lipinski definition) is 6. The molecule has 1 amide bonds. The van der Waals surface area contributed by atoms with Gasteiger partial charge in [-0.25, -0.2) is 4.98 Å². The predicted octanol–water partition coefficient (Wildman–Crippen LogP) is 3.86. The third kappa shape index (κ3) is 4.44. The van der Waals surface area contributed by atoms with Crippen LogP contribution in [0.4, 0.5) is 0 Å². The van der Waals surface area contributed by atoms with Crippen LogP contribution in [-0.4, -0.2) is 21.6 Å². The number of nitrogens with one attached hydrogen (secondary N) is 2. The summed E-state index contributed by atoms with van der Waals surface area (Å²) in [5.41, 5.74) is 1.21. The summed E-state index contributed by atoms with van der Waals surface area (Å²) in [6, 6.07) is 4.00. The van der Waals surface area contributed by atoms with Gasteiger partial charge in [0, 0.05) is 21.9 Å². The van der Waals surface area contributed by atoms with Crippen molar-refractivity contribution in [3.63, 3.8) is 0 Å². The van der Waals surface area contributed by atoms with Gasteiger partial charge in [0.05, 0.1) is 17.7 Å². The quantitative estimate of drug-likeness (QED) is 0.570. The van der Waals surface area contributed by atoms with Crippen molar-refractivity contribution in [3.05, 3.63) is 49.0 Å². The molecule has 3 aromatic rings. The van der Waals surface area contributed by atoms with Crippen LogP contribution in [0.2, 0.25) is 0 Å². The van der Waals surface area contributed by atoms with E-state index in [1.165, 1.54) is 16.9 Å². The molecule has 0 atom stereocenters. The molecule has 1 aliphatic rings. The lowest BCUT2D eigenvalue weighted by Crippen LogP contribution is -2.22. The summed E-state index contributed by atoms with van der Waals surface area (Å²) in [6.07, 6.45) is 4.89. The first-order chi connectivity index (χ1) is 13.2. The predicted molar refractivity (Wildman–Crippen MR) is 114 cm³/mol. The van der Waals surface area contributed by atoms with E-state index in [9.17, 15) is 9.59 Å². The van der Waals surface area contributed by atoms with E-state index in [1.54, 1.807) is 34.4 Å². The maximum atomic E-state index is 12.5. The van der Waals surface area contributed by atoms with Crippen molar-refractivity contribution in [2.45, 2.75) is 44.4 Å². The minimum atomic E-state index is -0.0105. The molecule has 3 heterocycles. The Morgan fingerprint density at radius 1 is 1.33 bits per heavy atom. The first kappa shape index (κ1) is 18.7. The second-order valence-electron chi connectivity index (χ2n) is 6.56. The highest BCUT2D eigenvalue weighted by Crippen LogP contribution is 2.33. The fraction of sp³-hybridized carbons (Fsp3) is 0.421. The fourth-order valence-electron chi connectivity index (χ4n) is 3.30. The second kappa shape index (κ2) is 8.58. The largest absolute Gasteiger partial charge is 0.351 e. The van der Waals surface area contributed by atoms with Gasteiger partial charge in [0.1, 0.15) is 10.7 Å². The van der Waals surface area contributed by atoms with E-state index in [0.717, 1.165) is 34.4 Å². The maximum Gasteiger partial charge on any atom is 0.259 e. The Balaban J connectivity index is 1.30. The van der Waals surface area contributed by atoms with E-state index in [1.807, 2.05) is 17.5 Å². The SMILES string of the molecule is O=C(CCSCc1nc2sc3c(c2c(=O)[nH]1)CCCC3)NCc1cccs1. The number of thiophene rings is 2. The molecule has 8 heteroatoms. The minimum Gasteiger partial charge on any atom is -0.351 e. The first-order valence-electron chi connectivity index (χ1n) is 9.11. The lowest BCUT2D eigenvalue weighted by atomic mass is 9.97. The molecule has 0 fully saturated rings. The molecule has 0 unspecified atom stereocenters. The lowest BCUT2D eigenvalue weighted by molar-refractivity contribution is -0.120. The van der Waals surface area contributed by atoms with Gasteiger partial charge in [-0.15, -0.1) is 22.7 Å². The Hall–Kier alpha value is -1.64. The molecular formula is C19H21N3O2S3. The van der Waals surface area contributed by atoms with Crippen LogP contribution in [0.15, 0.2) is 22.3 Å². The average Bonchev–Trinajstić information content (AvgIpc) is 3.30. The van der Waals surface area contributed by atoms with Crippen molar-refractivity contribution in [1.82, 2.24) is 15.3 Å². The van der Waals surface area contributed by atoms with Gasteiger partial charge in [-0.3, -0.25) is 9.59 Å². The highest BCUT2D eigenvalue weighted by Gasteiger charge is 2.19. The number of aromatic amines is 1. The minimum absolute atomic E-state index is 0.0105. The molecule has 2 N–H and O–H groups in total. The number of rotatable bonds is 7. The number of carbonyl (C=O) groups excluding carboxylic acids is 1. The Labute approximate surface area is 169 Å². The molecule has 5 nitrogen and oxygen atoms in total. The number of fused-ring (bicyclic) bond motifs is 3. The van der Waals surface area contributed by atoms with Gasteiger partial charge in [-0.2, -0.15) is 11.8 Å². The maximum absolute atomic E-state index is 12.5. The third-order valence-electron chi connectivity index (χ3n) is 4.63. The van der Waals surface area contributed by atoms with E-state index in [2.05, 4.69) is 15.3 Å². The first-order valence-corrected chi connectivity index (χ1v) is 12.0. The topological polar surface area (TPSA) is 74.8 Å². The Morgan fingerprint density at radius 3 is 3.07 bits per heavy atom. The number of thioether (sulfide) groups is 1. The Bertz CT molecular complexity index is 992. The number of nitrogens with zero attached hydrogens (tertiary/aromatic N) is 1. The average molecular weight is 420 g/mol. The highest BCUT2D eigenvalue weighted by molar-refractivity contribution is 7.98. The number of hydrogen-bond donors (Lipinski definition) is 2. The van der Waals surface area contributed by atoms with Crippen molar-refractivity contribution in [1.29, 1.82) is 0 Å². The summed E-state index contributed by atoms with van der Waals surface area (Å²) in [5.74, 6) is 2.08. The second-order valence-corrected chi connectivity index (χ2v) is 9.78. The summed E-state index contributed by atoms with van der Waals surface area (Å²) in [7, 11) is 0. The van der Waals surface area contributed by atoms with Crippen LogP contribution in [0, 0.1) is 0 Å². The Morgan fingerprint density at radius 2 is 2.22 bits per heavy atom. The number of aromatic nitrogens is 2. The van der Waals surface area contributed by atoms with Gasteiger partial charge in [0.2, 0.25) is 5.91 Å². The molecule has 0 aromatic carbocycles. The summed E-state index contributed by atoms with van der Waals surface area (Å²) in [4.78, 5) is 35.4. The molecule has 1 aliphatic carbocycles. The number of H-pyrrole nitrogens is 1. The van der Waals surface area contributed by atoms with E-state index >= 15 is 0 Å². The van der Waals surface area contributed by atoms with Crippen LogP contribution in [0.1, 0.15) is 40.4 Å². The monoisotopic (exact) mass is 419 g/mol. The number of carbonyl (C=O) groups is 1. The molecule has 142 valence electrons. The van der Waals surface area contributed by atoms with Gasteiger partial charge in [0.15, 0.2) is 0 Å². The van der Waals surface area contributed by atoms with Crippen LogP contribution in [0.25, 0.3) is 10.2 Å². The highest BCUT2D eigenvalue weighted by atomic mass is 32.2. The van der Waals surface area contributed by atoms with Crippen molar-refractivity contribution in [3.8, 4) is 0 Å². The van der Waals surface area contributed by atoms with Crippen LogP contribution in [-0.2, 0) is 29.9 Å². The molecule has 0 saturated carbocycles. The summed E-state index contributed by atoms with van der Waals surface area (Å²) in [5, 5.41) is 5.74. The van der Waals surface area contributed by atoms with Crippen molar-refractivity contribution >= 4 is 50.6 Å². The van der Waals surface area contributed by atoms with Crippen LogP contribution < -0.4 is 10.9 Å². The van der Waals surface area contributed by atoms with Crippen LogP contribution in [0.5, 0.6) is 0 Å². The van der Waals surface area contributed by atoms with Gasteiger partial charge in [0.25, 0.3) is 5.56 Å². The smallest absolute Gasteiger partial charge is 0.259 e. The normalized spacial score (nSPS) is 13.6. The molecule has 0 radical (unpaired) electrons. The summed E-state index contributed by atoms with van der Waals surface area (Å²) < 4.78 is 0. The molecule has 3 aromatic heterocycles. The van der Waals surface area contributed by atoms with Gasteiger partial charge in [-0.05, 0) is 42.7 Å². The standard InChI is InChI=1S/C19H21N3O2S3/c23-16(20-10-12-4-3-8-26-12)7-9-25-11-15-21-18(24)17-13-5-1-2-6-14(13)27-19(17)22-15/h3-4,8H,1-2,5-7,9-11H2,(H,20,23)(H,21,22,24). The zero-order valence-electron chi connectivity index (χ0n) is 14.9. The van der Waals surface area contributed by atoms with Gasteiger partial charge in [-0.1, -0.05) is 6.07 Å². The number of aryl methyl sites for hydroxylation is 2. The van der Waals surface area contributed by atoms with Gasteiger partial charge >= 0.3 is 0 Å².